The molecule has 0 radical (unpaired) electrons. The number of amides is 1. The summed E-state index contributed by atoms with van der Waals surface area (Å²) in [5.74, 6) is 2.19. The van der Waals surface area contributed by atoms with E-state index in [-0.39, 0.29) is 30.7 Å². The molecule has 29 heavy (non-hydrogen) atoms. The molecular weight excluding hydrogens is 392 g/mol. The first-order valence-corrected chi connectivity index (χ1v) is 10.9. The van der Waals surface area contributed by atoms with Crippen LogP contribution < -0.4 is 5.32 Å². The molecule has 1 saturated carbocycles. The van der Waals surface area contributed by atoms with E-state index in [1.54, 1.807) is 0 Å². The topological polar surface area (TPSA) is 95.9 Å². The average molecular weight is 423 g/mol. The van der Waals surface area contributed by atoms with E-state index in [0.717, 1.165) is 31.8 Å². The molecule has 1 amide bonds. The summed E-state index contributed by atoms with van der Waals surface area (Å²) in [6, 6.07) is 10.5. The number of hydrogen-bond acceptors (Lipinski definition) is 6. The predicted octanol–water partition coefficient (Wildman–Crippen LogP) is 2.12. The molecule has 0 unspecified atom stereocenters. The largest absolute Gasteiger partial charge is 0.483 e. The van der Waals surface area contributed by atoms with Crippen LogP contribution in [0.15, 0.2) is 35.2 Å². The smallest absolute Gasteiger partial charge is 0.307 e. The first-order chi connectivity index (χ1) is 14.1. The van der Waals surface area contributed by atoms with E-state index in [1.807, 2.05) is 17.8 Å². The Morgan fingerprint density at radius 2 is 2.07 bits per heavy atom. The second-order valence-electron chi connectivity index (χ2n) is 7.24. The lowest BCUT2D eigenvalue weighted by Gasteiger charge is -2.50. The fourth-order valence-corrected chi connectivity index (χ4v) is 4.92. The summed E-state index contributed by atoms with van der Waals surface area (Å²) < 4.78 is 4.60. The average Bonchev–Trinajstić information content (AvgIpc) is 2.71. The van der Waals surface area contributed by atoms with Crippen molar-refractivity contribution in [1.82, 2.24) is 10.2 Å². The highest BCUT2D eigenvalue weighted by atomic mass is 32.2. The van der Waals surface area contributed by atoms with E-state index in [2.05, 4.69) is 39.2 Å². The number of carbonyl (C=O) groups is 3. The van der Waals surface area contributed by atoms with E-state index in [9.17, 15) is 9.59 Å². The maximum absolute atomic E-state index is 12.4. The third kappa shape index (κ3) is 7.36. The second-order valence-corrected chi connectivity index (χ2v) is 8.41. The molecule has 1 aliphatic carbocycles. The van der Waals surface area contributed by atoms with Gasteiger partial charge in [-0.05, 0) is 43.4 Å². The van der Waals surface area contributed by atoms with Crippen LogP contribution in [-0.2, 0) is 19.1 Å². The number of methoxy groups -OCH3 is 1. The summed E-state index contributed by atoms with van der Waals surface area (Å²) in [4.78, 5) is 35.7. The van der Waals surface area contributed by atoms with Crippen molar-refractivity contribution >= 4 is 30.1 Å². The maximum atomic E-state index is 12.4. The summed E-state index contributed by atoms with van der Waals surface area (Å²) in [6.45, 7) is 3.36. The molecule has 2 aliphatic rings. The number of fused-ring (bicyclic) bond motifs is 1. The van der Waals surface area contributed by atoms with Crippen LogP contribution in [0.1, 0.15) is 19.3 Å². The Morgan fingerprint density at radius 3 is 2.76 bits per heavy atom. The first kappa shape index (κ1) is 23.2. The molecule has 1 heterocycles. The van der Waals surface area contributed by atoms with E-state index < -0.39 is 0 Å². The summed E-state index contributed by atoms with van der Waals surface area (Å²) in [6.07, 6.45) is 2.44. The lowest BCUT2D eigenvalue weighted by molar-refractivity contribution is -0.141. The van der Waals surface area contributed by atoms with Crippen molar-refractivity contribution in [2.24, 2.45) is 17.8 Å². The zero-order valence-corrected chi connectivity index (χ0v) is 17.6. The molecule has 3 rings (SSSR count). The lowest BCUT2D eigenvalue weighted by Crippen LogP contribution is -2.55. The number of carbonyl (C=O) groups excluding carboxylic acids is 2. The number of thioether (sulfide) groups is 1. The normalized spacial score (nSPS) is 22.9. The lowest BCUT2D eigenvalue weighted by atomic mass is 9.61. The second kappa shape index (κ2) is 12.5. The molecule has 2 fully saturated rings. The highest BCUT2D eigenvalue weighted by Crippen LogP contribution is 2.45. The summed E-state index contributed by atoms with van der Waals surface area (Å²) >= 11 is 1.89. The molecule has 7 nitrogen and oxygen atoms in total. The van der Waals surface area contributed by atoms with Gasteiger partial charge in [-0.15, -0.1) is 11.8 Å². The maximum Gasteiger partial charge on any atom is 0.307 e. The van der Waals surface area contributed by atoms with Crippen LogP contribution in [-0.4, -0.2) is 67.4 Å². The fraction of sp³-hybridized carbons (Fsp3) is 0.571. The van der Waals surface area contributed by atoms with Crippen LogP contribution in [0.5, 0.6) is 0 Å². The van der Waals surface area contributed by atoms with Crippen LogP contribution in [0.3, 0.4) is 0 Å². The fourth-order valence-electron chi connectivity index (χ4n) is 3.99. The van der Waals surface area contributed by atoms with Gasteiger partial charge in [-0.1, -0.05) is 18.2 Å². The number of benzene rings is 1. The number of ether oxygens (including phenoxy) is 1. The van der Waals surface area contributed by atoms with Crippen LogP contribution in [0, 0.1) is 17.8 Å². The highest BCUT2D eigenvalue weighted by Gasteiger charge is 2.47. The Morgan fingerprint density at radius 1 is 1.34 bits per heavy atom. The molecule has 0 aromatic heterocycles. The molecule has 2 N–H and O–H groups in total. The van der Waals surface area contributed by atoms with E-state index in [0.29, 0.717) is 18.4 Å². The number of esters is 1. The molecule has 1 aromatic rings. The zero-order valence-electron chi connectivity index (χ0n) is 16.8. The Labute approximate surface area is 176 Å². The van der Waals surface area contributed by atoms with Crippen LogP contribution in [0.2, 0.25) is 0 Å². The molecule has 0 bridgehead atoms. The summed E-state index contributed by atoms with van der Waals surface area (Å²) in [7, 11) is 1.37. The van der Waals surface area contributed by atoms with Gasteiger partial charge in [0.05, 0.1) is 13.5 Å². The van der Waals surface area contributed by atoms with Gasteiger partial charge in [-0.25, -0.2) is 0 Å². The highest BCUT2D eigenvalue weighted by molar-refractivity contribution is 7.99. The minimum Gasteiger partial charge on any atom is -0.483 e. The Bertz CT molecular complexity index is 658. The third-order valence-corrected chi connectivity index (χ3v) is 6.57. The number of rotatable bonds is 8. The summed E-state index contributed by atoms with van der Waals surface area (Å²) in [5, 5.41) is 9.79. The van der Waals surface area contributed by atoms with Crippen molar-refractivity contribution in [1.29, 1.82) is 0 Å². The molecule has 1 aliphatic heterocycles. The number of nitrogens with zero attached hydrogens (tertiary/aromatic N) is 1. The minimum absolute atomic E-state index is 0.107. The SMILES string of the molecule is COC(=O)CCNC(=O)[C@@H]1C[C@H]2CCN(CCSc3ccccc3)C[C@H]21.O=CO. The Hall–Kier alpha value is -2.06. The molecule has 1 aromatic carbocycles. The van der Waals surface area contributed by atoms with Gasteiger partial charge in [-0.3, -0.25) is 14.4 Å². The molecular formula is C21H30N2O5S. The number of piperidine rings is 1. The Balaban J connectivity index is 0.000000941. The van der Waals surface area contributed by atoms with Gasteiger partial charge in [-0.2, -0.15) is 0 Å². The monoisotopic (exact) mass is 422 g/mol. The molecule has 1 saturated heterocycles. The van der Waals surface area contributed by atoms with Crippen molar-refractivity contribution in [3.05, 3.63) is 30.3 Å². The van der Waals surface area contributed by atoms with Crippen molar-refractivity contribution in [2.75, 3.05) is 39.0 Å². The summed E-state index contributed by atoms with van der Waals surface area (Å²) in [5.41, 5.74) is 0. The van der Waals surface area contributed by atoms with Crippen molar-refractivity contribution in [3.8, 4) is 0 Å². The van der Waals surface area contributed by atoms with Crippen LogP contribution in [0.4, 0.5) is 0 Å². The first-order valence-electron chi connectivity index (χ1n) is 9.91. The van der Waals surface area contributed by atoms with Crippen molar-refractivity contribution in [3.63, 3.8) is 0 Å². The number of carboxylic acid groups (broad SMARTS) is 1. The van der Waals surface area contributed by atoms with Gasteiger partial charge in [0, 0.05) is 36.2 Å². The molecule has 160 valence electrons. The number of likely N-dealkylation sites (tertiary alicyclic amines) is 1. The van der Waals surface area contributed by atoms with Gasteiger partial charge in [0.25, 0.3) is 6.47 Å². The van der Waals surface area contributed by atoms with E-state index in [4.69, 9.17) is 9.90 Å². The van der Waals surface area contributed by atoms with Crippen molar-refractivity contribution in [2.45, 2.75) is 24.2 Å². The minimum atomic E-state index is -0.281. The van der Waals surface area contributed by atoms with Gasteiger partial charge in [0.2, 0.25) is 5.91 Å². The van der Waals surface area contributed by atoms with E-state index >= 15 is 0 Å². The van der Waals surface area contributed by atoms with Crippen LogP contribution in [0.25, 0.3) is 0 Å². The van der Waals surface area contributed by atoms with Gasteiger partial charge >= 0.3 is 5.97 Å². The van der Waals surface area contributed by atoms with Gasteiger partial charge in [0.1, 0.15) is 0 Å². The standard InChI is InChI=1S/C20H28N2O3S.CH2O2/c1-25-19(23)7-9-21-20(24)17-13-15-8-10-22(14-18(15)17)11-12-26-16-5-3-2-4-6-16;2-1-3/h2-6,15,17-18H,7-14H2,1H3,(H,21,24);1H,(H,2,3)/t15-,17-,18-;/m1./s1. The number of nitrogens with one attached hydrogen (secondary N) is 1. The van der Waals surface area contributed by atoms with Gasteiger partial charge < -0.3 is 20.1 Å². The quantitative estimate of drug-likeness (QED) is 0.376. The molecule has 3 atom stereocenters. The zero-order chi connectivity index (χ0) is 21.1. The third-order valence-electron chi connectivity index (χ3n) is 5.58. The number of hydrogen-bond donors (Lipinski definition) is 2. The Kier molecular flexibility index (Phi) is 10.0. The van der Waals surface area contributed by atoms with E-state index in [1.165, 1.54) is 18.4 Å². The van der Waals surface area contributed by atoms with Gasteiger partial charge in [0.15, 0.2) is 0 Å². The molecule has 0 spiro atoms. The van der Waals surface area contributed by atoms with Crippen LogP contribution >= 0.6 is 11.8 Å². The van der Waals surface area contributed by atoms with Crippen molar-refractivity contribution < 1.29 is 24.2 Å². The predicted molar refractivity (Wildman–Crippen MR) is 112 cm³/mol. The molecule has 8 heteroatoms.